The van der Waals surface area contributed by atoms with Gasteiger partial charge in [0.25, 0.3) is 0 Å². The molecule has 0 saturated heterocycles. The summed E-state index contributed by atoms with van der Waals surface area (Å²) in [5, 5.41) is 0. The lowest BCUT2D eigenvalue weighted by Gasteiger charge is -2.20. The van der Waals surface area contributed by atoms with Crippen LogP contribution < -0.4 is 4.74 Å². The number of allylic oxidation sites excluding steroid dienone is 1. The molecule has 0 aliphatic rings. The molecule has 1 rings (SSSR count). The fourth-order valence-corrected chi connectivity index (χ4v) is 1.53. The van der Waals surface area contributed by atoms with E-state index in [2.05, 4.69) is 6.58 Å². The molecule has 4 heteroatoms. The first-order valence-corrected chi connectivity index (χ1v) is 6.32. The summed E-state index contributed by atoms with van der Waals surface area (Å²) in [6, 6.07) is 4.94. The largest absolute Gasteiger partial charge is 0.456 e. The smallest absolute Gasteiger partial charge is 0.342 e. The molecule has 0 aromatic heterocycles. The minimum Gasteiger partial charge on any atom is -0.456 e. The molecule has 0 saturated carbocycles. The molecule has 0 unspecified atom stereocenters. The van der Waals surface area contributed by atoms with E-state index in [0.29, 0.717) is 0 Å². The van der Waals surface area contributed by atoms with Gasteiger partial charge < -0.3 is 9.47 Å². The minimum atomic E-state index is -0.621. The van der Waals surface area contributed by atoms with Crippen LogP contribution >= 0.6 is 0 Å². The summed E-state index contributed by atoms with van der Waals surface area (Å²) in [5.41, 5.74) is 1.20. The van der Waals surface area contributed by atoms with E-state index in [1.165, 1.54) is 6.92 Å². The topological polar surface area (TPSA) is 52.6 Å². The number of hydrogen-bond donors (Lipinski definition) is 0. The van der Waals surface area contributed by atoms with Gasteiger partial charge in [0.1, 0.15) is 16.9 Å². The lowest BCUT2D eigenvalue weighted by molar-refractivity contribution is -0.131. The Morgan fingerprint density at radius 1 is 1.15 bits per heavy atom. The highest BCUT2D eigenvalue weighted by molar-refractivity contribution is 5.94. The zero-order valence-electron chi connectivity index (χ0n) is 12.6. The third-order valence-corrected chi connectivity index (χ3v) is 2.34. The van der Waals surface area contributed by atoms with Crippen LogP contribution in [0.25, 0.3) is 5.57 Å². The van der Waals surface area contributed by atoms with Crippen LogP contribution in [0.1, 0.15) is 50.5 Å². The van der Waals surface area contributed by atoms with Crippen LogP contribution in [0.15, 0.2) is 24.8 Å². The zero-order chi connectivity index (χ0) is 15.5. The lowest BCUT2D eigenvalue weighted by atomic mass is 10.0. The van der Waals surface area contributed by atoms with E-state index in [1.54, 1.807) is 39.0 Å². The van der Waals surface area contributed by atoms with Crippen LogP contribution in [0.2, 0.25) is 0 Å². The fourth-order valence-electron chi connectivity index (χ4n) is 1.53. The highest BCUT2D eigenvalue weighted by Gasteiger charge is 2.22. The van der Waals surface area contributed by atoms with Crippen molar-refractivity contribution in [1.29, 1.82) is 0 Å². The van der Waals surface area contributed by atoms with Gasteiger partial charge in [-0.2, -0.15) is 0 Å². The summed E-state index contributed by atoms with van der Waals surface area (Å²) in [6.07, 6.45) is 0. The maximum absolute atomic E-state index is 12.2. The van der Waals surface area contributed by atoms with Crippen molar-refractivity contribution in [2.45, 2.75) is 40.2 Å². The van der Waals surface area contributed by atoms with E-state index in [1.807, 2.05) is 6.92 Å². The first-order chi connectivity index (χ1) is 9.10. The van der Waals surface area contributed by atoms with Crippen molar-refractivity contribution in [3.8, 4) is 5.75 Å². The summed E-state index contributed by atoms with van der Waals surface area (Å²) in [7, 11) is 0. The van der Waals surface area contributed by atoms with E-state index < -0.39 is 17.5 Å². The van der Waals surface area contributed by atoms with Crippen LogP contribution in [0.4, 0.5) is 0 Å². The molecule has 0 aliphatic carbocycles. The monoisotopic (exact) mass is 276 g/mol. The van der Waals surface area contributed by atoms with Gasteiger partial charge in [-0.1, -0.05) is 18.2 Å². The van der Waals surface area contributed by atoms with Gasteiger partial charge in [0, 0.05) is 6.92 Å². The van der Waals surface area contributed by atoms with Crippen LogP contribution in [0, 0.1) is 0 Å². The molecule has 0 heterocycles. The van der Waals surface area contributed by atoms with E-state index in [0.717, 1.165) is 11.1 Å². The maximum Gasteiger partial charge on any atom is 0.342 e. The molecule has 108 valence electrons. The predicted molar refractivity (Wildman–Crippen MR) is 77.6 cm³/mol. The number of hydrogen-bond acceptors (Lipinski definition) is 4. The van der Waals surface area contributed by atoms with E-state index in [4.69, 9.17) is 9.47 Å². The first kappa shape index (κ1) is 16.0. The Hall–Kier alpha value is -2.10. The Bertz CT molecular complexity index is 550. The van der Waals surface area contributed by atoms with Crippen LogP contribution in [-0.4, -0.2) is 17.5 Å². The lowest BCUT2D eigenvalue weighted by Crippen LogP contribution is -2.24. The maximum atomic E-state index is 12.2. The van der Waals surface area contributed by atoms with Gasteiger partial charge >= 0.3 is 11.9 Å². The molecule has 0 amide bonds. The Morgan fingerprint density at radius 2 is 1.75 bits per heavy atom. The molecular formula is C16H20O4. The van der Waals surface area contributed by atoms with Crippen molar-refractivity contribution in [3.05, 3.63) is 35.9 Å². The number of benzene rings is 1. The molecule has 1 aromatic rings. The zero-order valence-corrected chi connectivity index (χ0v) is 12.6. The van der Waals surface area contributed by atoms with Crippen molar-refractivity contribution in [2.24, 2.45) is 0 Å². The molecule has 1 aromatic carbocycles. The molecular weight excluding hydrogens is 256 g/mol. The van der Waals surface area contributed by atoms with Crippen molar-refractivity contribution < 1.29 is 19.1 Å². The Labute approximate surface area is 119 Å². The third-order valence-electron chi connectivity index (χ3n) is 2.34. The normalized spacial score (nSPS) is 10.8. The molecule has 20 heavy (non-hydrogen) atoms. The summed E-state index contributed by atoms with van der Waals surface area (Å²) < 4.78 is 10.4. The van der Waals surface area contributed by atoms with Crippen molar-refractivity contribution in [2.75, 3.05) is 0 Å². The third kappa shape index (κ3) is 4.53. The average Bonchev–Trinajstić information content (AvgIpc) is 2.25. The summed E-state index contributed by atoms with van der Waals surface area (Å²) in [6.45, 7) is 12.3. The van der Waals surface area contributed by atoms with Crippen LogP contribution in [0.5, 0.6) is 5.75 Å². The number of carbonyl (C=O) groups excluding carboxylic acids is 2. The van der Waals surface area contributed by atoms with Gasteiger partial charge in [-0.3, -0.25) is 4.79 Å². The molecule has 0 atom stereocenters. The van der Waals surface area contributed by atoms with Gasteiger partial charge in [0.15, 0.2) is 0 Å². The number of esters is 2. The van der Waals surface area contributed by atoms with Crippen LogP contribution in [-0.2, 0) is 9.53 Å². The Balaban J connectivity index is 3.23. The predicted octanol–water partition coefficient (Wildman–Crippen LogP) is 3.60. The second-order valence-electron chi connectivity index (χ2n) is 5.59. The number of rotatable bonds is 3. The van der Waals surface area contributed by atoms with Crippen molar-refractivity contribution in [3.63, 3.8) is 0 Å². The van der Waals surface area contributed by atoms with Gasteiger partial charge in [0.05, 0.1) is 0 Å². The molecule has 0 radical (unpaired) electrons. The standard InChI is InChI=1S/C16H20O4/c1-10(2)12-7-8-14(19-11(3)17)13(9-12)15(18)20-16(4,5)6/h7-9H,1H2,2-6H3. The summed E-state index contributed by atoms with van der Waals surface area (Å²) >= 11 is 0. The SMILES string of the molecule is C=C(C)c1ccc(OC(C)=O)c(C(=O)OC(C)(C)C)c1. The number of ether oxygens (including phenoxy) is 2. The summed E-state index contributed by atoms with van der Waals surface area (Å²) in [5.74, 6) is -0.827. The molecule has 0 N–H and O–H groups in total. The molecule has 0 spiro atoms. The molecule has 4 nitrogen and oxygen atoms in total. The van der Waals surface area contributed by atoms with E-state index in [-0.39, 0.29) is 11.3 Å². The average molecular weight is 276 g/mol. The Kier molecular flexibility index (Phi) is 4.71. The highest BCUT2D eigenvalue weighted by Crippen LogP contribution is 2.26. The first-order valence-electron chi connectivity index (χ1n) is 6.32. The van der Waals surface area contributed by atoms with Gasteiger partial charge in [-0.25, -0.2) is 4.79 Å². The minimum absolute atomic E-state index is 0.191. The second kappa shape index (κ2) is 5.90. The van der Waals surface area contributed by atoms with E-state index >= 15 is 0 Å². The van der Waals surface area contributed by atoms with E-state index in [9.17, 15) is 9.59 Å². The van der Waals surface area contributed by atoms with Gasteiger partial charge in [-0.15, -0.1) is 0 Å². The van der Waals surface area contributed by atoms with Crippen molar-refractivity contribution >= 4 is 17.5 Å². The van der Waals surface area contributed by atoms with Crippen molar-refractivity contribution in [1.82, 2.24) is 0 Å². The molecule has 0 aliphatic heterocycles. The molecule has 0 bridgehead atoms. The van der Waals surface area contributed by atoms with Gasteiger partial charge in [-0.05, 0) is 45.4 Å². The van der Waals surface area contributed by atoms with Gasteiger partial charge in [0.2, 0.25) is 0 Å². The quantitative estimate of drug-likeness (QED) is 0.625. The van der Waals surface area contributed by atoms with Crippen LogP contribution in [0.3, 0.4) is 0 Å². The summed E-state index contributed by atoms with van der Waals surface area (Å²) in [4.78, 5) is 23.3. The fraction of sp³-hybridized carbons (Fsp3) is 0.375. The highest BCUT2D eigenvalue weighted by atomic mass is 16.6. The molecule has 0 fully saturated rings. The second-order valence-corrected chi connectivity index (χ2v) is 5.59. The number of carbonyl (C=O) groups is 2. The Morgan fingerprint density at radius 3 is 2.20 bits per heavy atom.